The van der Waals surface area contributed by atoms with Crippen LogP contribution in [0.15, 0.2) is 52.3 Å². The van der Waals surface area contributed by atoms with Gasteiger partial charge in [-0.3, -0.25) is 4.79 Å². The lowest BCUT2D eigenvalue weighted by molar-refractivity contribution is -0.116. The molecule has 5 nitrogen and oxygen atoms in total. The van der Waals surface area contributed by atoms with Crippen LogP contribution in [0.2, 0.25) is 0 Å². The van der Waals surface area contributed by atoms with Crippen molar-refractivity contribution in [3.8, 4) is 0 Å². The number of rotatable bonds is 6. The van der Waals surface area contributed by atoms with Crippen molar-refractivity contribution in [2.75, 3.05) is 25.2 Å². The number of aryl methyl sites for hydroxylation is 2. The van der Waals surface area contributed by atoms with Gasteiger partial charge in [0, 0.05) is 17.6 Å². The molecule has 0 heterocycles. The monoisotopic (exact) mass is 378 g/mol. The highest BCUT2D eigenvalue weighted by Gasteiger charge is 2.23. The van der Waals surface area contributed by atoms with Gasteiger partial charge in [0.15, 0.2) is 0 Å². The lowest BCUT2D eigenvalue weighted by atomic mass is 10.1. The first-order valence-corrected chi connectivity index (χ1v) is 10.4. The van der Waals surface area contributed by atoms with E-state index in [9.17, 15) is 13.2 Å². The Bertz CT molecular complexity index is 842. The van der Waals surface area contributed by atoms with E-state index in [2.05, 4.69) is 5.32 Å². The van der Waals surface area contributed by atoms with Gasteiger partial charge >= 0.3 is 0 Å². The van der Waals surface area contributed by atoms with Crippen LogP contribution in [0.5, 0.6) is 0 Å². The molecule has 0 atom stereocenters. The summed E-state index contributed by atoms with van der Waals surface area (Å²) in [4.78, 5) is 13.4. The number of amides is 1. The number of carbonyl (C=O) groups is 1. The molecule has 0 radical (unpaired) electrons. The summed E-state index contributed by atoms with van der Waals surface area (Å²) >= 11 is 1.54. The topological polar surface area (TPSA) is 66.5 Å². The minimum absolute atomic E-state index is 0.174. The second-order valence-corrected chi connectivity index (χ2v) is 8.68. The van der Waals surface area contributed by atoms with Crippen LogP contribution in [0.25, 0.3) is 0 Å². The number of hydrogen-bond donors (Lipinski definition) is 1. The van der Waals surface area contributed by atoms with Crippen molar-refractivity contribution in [1.29, 1.82) is 0 Å². The van der Waals surface area contributed by atoms with Crippen molar-refractivity contribution in [2.45, 2.75) is 23.6 Å². The molecule has 0 fully saturated rings. The number of nitrogens with zero attached hydrogens (tertiary/aromatic N) is 1. The zero-order chi connectivity index (χ0) is 18.6. The third-order valence-corrected chi connectivity index (χ3v) is 6.44. The van der Waals surface area contributed by atoms with Crippen LogP contribution in [0.3, 0.4) is 0 Å². The smallest absolute Gasteiger partial charge is 0.243 e. The molecule has 25 heavy (non-hydrogen) atoms. The number of thioether (sulfide) groups is 1. The molecule has 1 amide bonds. The van der Waals surface area contributed by atoms with Crippen molar-refractivity contribution >= 4 is 33.4 Å². The zero-order valence-electron chi connectivity index (χ0n) is 14.7. The summed E-state index contributed by atoms with van der Waals surface area (Å²) < 4.78 is 26.2. The Hall–Kier alpha value is -1.83. The quantitative estimate of drug-likeness (QED) is 0.784. The maximum atomic E-state index is 12.6. The minimum atomic E-state index is -3.71. The third-order valence-electron chi connectivity index (χ3n) is 3.88. The standard InChI is InChI=1S/C18H22N2O3S2/c1-13-6-5-7-14(2)18(13)19-17(21)12-20(3)25(22,23)16-10-8-15(24-4)9-11-16/h5-11H,12H2,1-4H3,(H,19,21). The number of benzene rings is 2. The van der Waals surface area contributed by atoms with E-state index in [1.165, 1.54) is 18.8 Å². The predicted octanol–water partition coefficient (Wildman–Crippen LogP) is 3.28. The van der Waals surface area contributed by atoms with Gasteiger partial charge in [0.2, 0.25) is 15.9 Å². The van der Waals surface area contributed by atoms with E-state index in [4.69, 9.17) is 0 Å². The van der Waals surface area contributed by atoms with Gasteiger partial charge in [-0.1, -0.05) is 18.2 Å². The minimum Gasteiger partial charge on any atom is -0.324 e. The van der Waals surface area contributed by atoms with Gasteiger partial charge in [-0.05, 0) is 55.5 Å². The van der Waals surface area contributed by atoms with Crippen molar-refractivity contribution in [3.05, 3.63) is 53.6 Å². The molecule has 0 aliphatic heterocycles. The largest absolute Gasteiger partial charge is 0.324 e. The molecule has 7 heteroatoms. The molecule has 0 aliphatic carbocycles. The Morgan fingerprint density at radius 2 is 1.64 bits per heavy atom. The van der Waals surface area contributed by atoms with Crippen LogP contribution in [-0.4, -0.2) is 38.5 Å². The summed E-state index contributed by atoms with van der Waals surface area (Å²) in [6.45, 7) is 3.55. The fourth-order valence-electron chi connectivity index (χ4n) is 2.41. The zero-order valence-corrected chi connectivity index (χ0v) is 16.4. The maximum Gasteiger partial charge on any atom is 0.243 e. The van der Waals surface area contributed by atoms with Crippen molar-refractivity contribution in [2.24, 2.45) is 0 Å². The van der Waals surface area contributed by atoms with Crippen LogP contribution < -0.4 is 5.32 Å². The maximum absolute atomic E-state index is 12.6. The van der Waals surface area contributed by atoms with Crippen molar-refractivity contribution < 1.29 is 13.2 Å². The summed E-state index contributed by atoms with van der Waals surface area (Å²) in [5.41, 5.74) is 2.60. The third kappa shape index (κ3) is 4.62. The predicted molar refractivity (Wildman–Crippen MR) is 103 cm³/mol. The van der Waals surface area contributed by atoms with Crippen LogP contribution >= 0.6 is 11.8 Å². The fourth-order valence-corrected chi connectivity index (χ4v) is 3.94. The highest BCUT2D eigenvalue weighted by Crippen LogP contribution is 2.21. The van der Waals surface area contributed by atoms with Crippen LogP contribution in [0.4, 0.5) is 5.69 Å². The van der Waals surface area contributed by atoms with E-state index in [0.717, 1.165) is 26.0 Å². The highest BCUT2D eigenvalue weighted by atomic mass is 32.2. The molecule has 2 aromatic carbocycles. The van der Waals surface area contributed by atoms with E-state index in [0.29, 0.717) is 0 Å². The normalized spacial score (nSPS) is 11.6. The van der Waals surface area contributed by atoms with Crippen LogP contribution in [0.1, 0.15) is 11.1 Å². The van der Waals surface area contributed by atoms with Crippen molar-refractivity contribution in [3.63, 3.8) is 0 Å². The first kappa shape index (κ1) is 19.5. The average molecular weight is 379 g/mol. The SMILES string of the molecule is CSc1ccc(S(=O)(=O)N(C)CC(=O)Nc2c(C)cccc2C)cc1. The van der Waals surface area contributed by atoms with E-state index in [1.54, 1.807) is 24.3 Å². The lowest BCUT2D eigenvalue weighted by Gasteiger charge is -2.18. The number of carbonyl (C=O) groups excluding carboxylic acids is 1. The molecule has 1 N–H and O–H groups in total. The Balaban J connectivity index is 2.11. The molecule has 2 aromatic rings. The molecule has 0 spiro atoms. The Labute approximate surface area is 153 Å². The summed E-state index contributed by atoms with van der Waals surface area (Å²) in [7, 11) is -2.30. The molecule has 0 aromatic heterocycles. The second-order valence-electron chi connectivity index (χ2n) is 5.75. The molecule has 0 aliphatic rings. The van der Waals surface area contributed by atoms with Gasteiger partial charge in [0.25, 0.3) is 0 Å². The van der Waals surface area contributed by atoms with Gasteiger partial charge in [0.05, 0.1) is 11.4 Å². The summed E-state index contributed by atoms with van der Waals surface area (Å²) in [6.07, 6.45) is 1.92. The number of para-hydroxylation sites is 1. The first-order chi connectivity index (χ1) is 11.8. The molecule has 0 unspecified atom stereocenters. The molecule has 0 bridgehead atoms. The first-order valence-electron chi connectivity index (χ1n) is 7.72. The number of nitrogens with one attached hydrogen (secondary N) is 1. The number of likely N-dealkylation sites (N-methyl/N-ethyl adjacent to an activating group) is 1. The number of sulfonamides is 1. The van der Waals surface area contributed by atoms with Gasteiger partial charge in [-0.2, -0.15) is 4.31 Å². The summed E-state index contributed by atoms with van der Waals surface area (Å²) in [5.74, 6) is -0.371. The average Bonchev–Trinajstić information content (AvgIpc) is 2.58. The van der Waals surface area contributed by atoms with Crippen LogP contribution in [-0.2, 0) is 14.8 Å². The van der Waals surface area contributed by atoms with Crippen molar-refractivity contribution in [1.82, 2.24) is 4.31 Å². The molecular weight excluding hydrogens is 356 g/mol. The van der Waals surface area contributed by atoms with E-state index in [1.807, 2.05) is 38.3 Å². The van der Waals surface area contributed by atoms with Gasteiger partial charge in [0.1, 0.15) is 0 Å². The Kier molecular flexibility index (Phi) is 6.26. The number of hydrogen-bond acceptors (Lipinski definition) is 4. The summed E-state index contributed by atoms with van der Waals surface area (Å²) in [6, 6.07) is 12.3. The second kappa shape index (κ2) is 8.03. The van der Waals surface area contributed by atoms with Gasteiger partial charge < -0.3 is 5.32 Å². The molecule has 134 valence electrons. The Morgan fingerprint density at radius 1 is 1.08 bits per heavy atom. The van der Waals surface area contributed by atoms with E-state index < -0.39 is 10.0 Å². The summed E-state index contributed by atoms with van der Waals surface area (Å²) in [5, 5.41) is 2.80. The molecule has 0 saturated carbocycles. The Morgan fingerprint density at radius 3 is 2.16 bits per heavy atom. The fraction of sp³-hybridized carbons (Fsp3) is 0.278. The molecular formula is C18H22N2O3S2. The van der Waals surface area contributed by atoms with Crippen LogP contribution in [0, 0.1) is 13.8 Å². The molecule has 2 rings (SSSR count). The van der Waals surface area contributed by atoms with Gasteiger partial charge in [-0.15, -0.1) is 11.8 Å². The van der Waals surface area contributed by atoms with Gasteiger partial charge in [-0.25, -0.2) is 8.42 Å². The van der Waals surface area contributed by atoms with E-state index >= 15 is 0 Å². The number of anilines is 1. The highest BCUT2D eigenvalue weighted by molar-refractivity contribution is 7.98. The molecule has 0 saturated heterocycles. The van der Waals surface area contributed by atoms with E-state index in [-0.39, 0.29) is 17.3 Å². The lowest BCUT2D eigenvalue weighted by Crippen LogP contribution is -2.35.